The van der Waals surface area contributed by atoms with Gasteiger partial charge in [0.25, 0.3) is 0 Å². The summed E-state index contributed by atoms with van der Waals surface area (Å²) < 4.78 is 51.3. The number of carbonyl (C=O) groups is 1. The average molecular weight is 222 g/mol. The summed E-state index contributed by atoms with van der Waals surface area (Å²) in [5.41, 5.74) is -0.210. The molecule has 0 atom stereocenters. The van der Waals surface area contributed by atoms with Crippen LogP contribution in [0.4, 0.5) is 17.6 Å². The summed E-state index contributed by atoms with van der Waals surface area (Å²) >= 11 is 0. The minimum atomic E-state index is -4.76. The quantitative estimate of drug-likeness (QED) is 0.580. The maximum Gasteiger partial charge on any atom is 0.463 e. The molecule has 6 heteroatoms. The highest BCUT2D eigenvalue weighted by Gasteiger charge is 2.45. The normalized spacial score (nSPS) is 11.5. The second-order valence-corrected chi connectivity index (χ2v) is 2.62. The van der Waals surface area contributed by atoms with Crippen LogP contribution >= 0.6 is 0 Å². The van der Waals surface area contributed by atoms with Crippen molar-refractivity contribution in [2.24, 2.45) is 0 Å². The zero-order chi connectivity index (χ0) is 11.5. The van der Waals surface area contributed by atoms with E-state index in [9.17, 15) is 22.4 Å². The highest BCUT2D eigenvalue weighted by atomic mass is 19.3. The molecular weight excluding hydrogens is 216 g/mol. The fraction of sp³-hybridized carbons (Fsp3) is 0.222. The molecule has 82 valence electrons. The van der Waals surface area contributed by atoms with Crippen molar-refractivity contribution in [2.75, 3.05) is 0 Å². The third kappa shape index (κ3) is 2.93. The molecule has 1 rings (SSSR count). The van der Waals surface area contributed by atoms with Gasteiger partial charge in [0.15, 0.2) is 0 Å². The Bertz CT molecular complexity index is 337. The lowest BCUT2D eigenvalue weighted by Crippen LogP contribution is -2.32. The SMILES string of the molecule is O=C(OC(F)(F)C(F)F)c1ccccc1. The number of hydrogen-bond donors (Lipinski definition) is 0. The van der Waals surface area contributed by atoms with Crippen LogP contribution in [0.1, 0.15) is 10.4 Å². The standard InChI is InChI=1S/C9H6F4O2/c10-8(11)9(12,13)15-7(14)6-4-2-1-3-5-6/h1-5,8H. The van der Waals surface area contributed by atoms with Crippen LogP contribution in [-0.4, -0.2) is 18.5 Å². The molecule has 0 radical (unpaired) electrons. The molecule has 0 amide bonds. The van der Waals surface area contributed by atoms with Crippen LogP contribution in [0.25, 0.3) is 0 Å². The van der Waals surface area contributed by atoms with E-state index in [4.69, 9.17) is 0 Å². The van der Waals surface area contributed by atoms with Crippen LogP contribution in [-0.2, 0) is 4.74 Å². The van der Waals surface area contributed by atoms with E-state index in [0.29, 0.717) is 0 Å². The van der Waals surface area contributed by atoms with Gasteiger partial charge in [0.05, 0.1) is 5.56 Å². The summed E-state index contributed by atoms with van der Waals surface area (Å²) in [6.07, 6.45) is -8.79. The smallest absolute Gasteiger partial charge is 0.393 e. The van der Waals surface area contributed by atoms with Gasteiger partial charge >= 0.3 is 18.5 Å². The van der Waals surface area contributed by atoms with Crippen LogP contribution in [0.15, 0.2) is 30.3 Å². The van der Waals surface area contributed by atoms with Gasteiger partial charge in [-0.2, -0.15) is 17.6 Å². The molecular formula is C9H6F4O2. The molecule has 2 nitrogen and oxygen atoms in total. The van der Waals surface area contributed by atoms with Crippen LogP contribution in [0, 0.1) is 0 Å². The summed E-state index contributed by atoms with van der Waals surface area (Å²) in [5, 5.41) is 0. The van der Waals surface area contributed by atoms with Gasteiger partial charge < -0.3 is 4.74 Å². The largest absolute Gasteiger partial charge is 0.463 e. The predicted octanol–water partition coefficient (Wildman–Crippen LogP) is 2.70. The van der Waals surface area contributed by atoms with Gasteiger partial charge in [0, 0.05) is 0 Å². The van der Waals surface area contributed by atoms with Gasteiger partial charge in [-0.25, -0.2) is 4.79 Å². The van der Waals surface area contributed by atoms with Crippen LogP contribution in [0.3, 0.4) is 0 Å². The zero-order valence-electron chi connectivity index (χ0n) is 7.29. The molecule has 0 aliphatic heterocycles. The maximum atomic E-state index is 12.3. The van der Waals surface area contributed by atoms with Gasteiger partial charge in [0.2, 0.25) is 0 Å². The molecule has 0 spiro atoms. The van der Waals surface area contributed by atoms with Crippen molar-refractivity contribution >= 4 is 5.97 Å². The molecule has 1 aromatic carbocycles. The van der Waals surface area contributed by atoms with Gasteiger partial charge in [0.1, 0.15) is 0 Å². The molecule has 0 fully saturated rings. The first-order valence-corrected chi connectivity index (χ1v) is 3.88. The van der Waals surface area contributed by atoms with E-state index < -0.39 is 18.5 Å². The highest BCUT2D eigenvalue weighted by Crippen LogP contribution is 2.25. The fourth-order valence-electron chi connectivity index (χ4n) is 0.801. The van der Waals surface area contributed by atoms with E-state index in [1.165, 1.54) is 24.3 Å². The van der Waals surface area contributed by atoms with Crippen molar-refractivity contribution < 1.29 is 27.1 Å². The third-order valence-electron chi connectivity index (χ3n) is 1.49. The lowest BCUT2D eigenvalue weighted by atomic mass is 10.2. The van der Waals surface area contributed by atoms with E-state index in [-0.39, 0.29) is 5.56 Å². The van der Waals surface area contributed by atoms with Crippen LogP contribution < -0.4 is 0 Å². The maximum absolute atomic E-state index is 12.3. The minimum Gasteiger partial charge on any atom is -0.393 e. The minimum absolute atomic E-state index is 0.210. The summed E-state index contributed by atoms with van der Waals surface area (Å²) in [5.74, 6) is -1.49. The lowest BCUT2D eigenvalue weighted by molar-refractivity contribution is -0.269. The molecule has 0 aliphatic rings. The Balaban J connectivity index is 2.73. The number of hydrogen-bond acceptors (Lipinski definition) is 2. The highest BCUT2D eigenvalue weighted by molar-refractivity contribution is 5.89. The van der Waals surface area contributed by atoms with Gasteiger partial charge in [-0.1, -0.05) is 18.2 Å². The molecule has 1 aromatic rings. The molecule has 15 heavy (non-hydrogen) atoms. The molecule has 0 saturated heterocycles. The summed E-state index contributed by atoms with van der Waals surface area (Å²) in [4.78, 5) is 10.9. The van der Waals surface area contributed by atoms with Crippen molar-refractivity contribution in [2.45, 2.75) is 12.5 Å². The third-order valence-corrected chi connectivity index (χ3v) is 1.49. The van der Waals surface area contributed by atoms with Gasteiger partial charge in [-0.05, 0) is 12.1 Å². The molecule has 0 N–H and O–H groups in total. The second kappa shape index (κ2) is 4.29. The molecule has 0 unspecified atom stereocenters. The number of carbonyl (C=O) groups excluding carboxylic acids is 1. The Morgan fingerprint density at radius 2 is 1.73 bits per heavy atom. The van der Waals surface area contributed by atoms with Crippen molar-refractivity contribution in [3.63, 3.8) is 0 Å². The topological polar surface area (TPSA) is 26.3 Å². The van der Waals surface area contributed by atoms with Crippen molar-refractivity contribution in [1.82, 2.24) is 0 Å². The first kappa shape index (κ1) is 11.5. The summed E-state index contributed by atoms with van der Waals surface area (Å²) in [6, 6.07) is 6.71. The summed E-state index contributed by atoms with van der Waals surface area (Å²) in [6.45, 7) is 0. The van der Waals surface area contributed by atoms with Crippen LogP contribution in [0.5, 0.6) is 0 Å². The average Bonchev–Trinajstić information content (AvgIpc) is 2.18. The Morgan fingerprint density at radius 3 is 2.20 bits per heavy atom. The van der Waals surface area contributed by atoms with E-state index in [0.717, 1.165) is 0 Å². The number of rotatable bonds is 3. The van der Waals surface area contributed by atoms with E-state index >= 15 is 0 Å². The van der Waals surface area contributed by atoms with Crippen molar-refractivity contribution in [3.8, 4) is 0 Å². The number of benzene rings is 1. The zero-order valence-corrected chi connectivity index (χ0v) is 7.29. The molecule has 0 bridgehead atoms. The Kier molecular flexibility index (Phi) is 3.28. The first-order valence-electron chi connectivity index (χ1n) is 3.88. The van der Waals surface area contributed by atoms with Crippen molar-refractivity contribution in [3.05, 3.63) is 35.9 Å². The monoisotopic (exact) mass is 222 g/mol. The molecule has 0 saturated carbocycles. The summed E-state index contributed by atoms with van der Waals surface area (Å²) in [7, 11) is 0. The fourth-order valence-corrected chi connectivity index (χ4v) is 0.801. The molecule has 0 heterocycles. The van der Waals surface area contributed by atoms with Crippen molar-refractivity contribution in [1.29, 1.82) is 0 Å². The number of esters is 1. The Labute approximate surface area is 82.5 Å². The van der Waals surface area contributed by atoms with E-state index in [1.54, 1.807) is 6.07 Å². The number of ether oxygens (including phenoxy) is 1. The van der Waals surface area contributed by atoms with E-state index in [2.05, 4.69) is 4.74 Å². The van der Waals surface area contributed by atoms with Gasteiger partial charge in [-0.15, -0.1) is 0 Å². The lowest BCUT2D eigenvalue weighted by Gasteiger charge is -2.14. The Hall–Kier alpha value is -1.59. The molecule has 0 aromatic heterocycles. The predicted molar refractivity (Wildman–Crippen MR) is 42.8 cm³/mol. The Morgan fingerprint density at radius 1 is 1.20 bits per heavy atom. The first-order chi connectivity index (χ1) is 6.93. The van der Waals surface area contributed by atoms with Gasteiger partial charge in [-0.3, -0.25) is 0 Å². The number of alkyl halides is 4. The number of halogens is 4. The van der Waals surface area contributed by atoms with E-state index in [1.807, 2.05) is 0 Å². The van der Waals surface area contributed by atoms with Crippen LogP contribution in [0.2, 0.25) is 0 Å². The second-order valence-electron chi connectivity index (χ2n) is 2.62. The molecule has 0 aliphatic carbocycles.